The van der Waals surface area contributed by atoms with Gasteiger partial charge in [0, 0.05) is 0 Å². The van der Waals surface area contributed by atoms with Crippen molar-refractivity contribution in [1.29, 1.82) is 0 Å². The Morgan fingerprint density at radius 3 is 2.04 bits per heavy atom. The molecule has 128 valence electrons. The molecule has 0 saturated carbocycles. The second-order valence-electron chi connectivity index (χ2n) is 8.31. The van der Waals surface area contributed by atoms with Crippen molar-refractivity contribution in [3.05, 3.63) is 71.8 Å². The summed E-state index contributed by atoms with van der Waals surface area (Å²) in [4.78, 5) is 0. The van der Waals surface area contributed by atoms with E-state index in [0.29, 0.717) is 0 Å². The summed E-state index contributed by atoms with van der Waals surface area (Å²) in [5.41, 5.74) is 3.23. The Labute approximate surface area is 164 Å². The zero-order valence-electron chi connectivity index (χ0n) is 15.7. The molecule has 0 fully saturated rings. The fourth-order valence-corrected chi connectivity index (χ4v) is 9.09. The SMILES string of the molecule is Cc1ccc2c([te]c3c2ccc2c4ccccc4ccc23)c1C(C)(C)C. The molecule has 0 unspecified atom stereocenters. The Hall–Kier alpha value is -1.81. The fourth-order valence-electron chi connectivity index (χ4n) is 4.42. The first-order valence-corrected chi connectivity index (χ1v) is 11.5. The van der Waals surface area contributed by atoms with Gasteiger partial charge >= 0.3 is 164 Å². The Morgan fingerprint density at radius 1 is 0.615 bits per heavy atom. The Kier molecular flexibility index (Phi) is 3.52. The van der Waals surface area contributed by atoms with Crippen molar-refractivity contribution in [2.24, 2.45) is 0 Å². The van der Waals surface area contributed by atoms with Gasteiger partial charge in [0.1, 0.15) is 0 Å². The van der Waals surface area contributed by atoms with Gasteiger partial charge in [-0.3, -0.25) is 0 Å². The van der Waals surface area contributed by atoms with Gasteiger partial charge in [-0.1, -0.05) is 0 Å². The summed E-state index contributed by atoms with van der Waals surface area (Å²) in [7, 11) is 0. The van der Waals surface area contributed by atoms with Crippen LogP contribution in [0.5, 0.6) is 0 Å². The van der Waals surface area contributed by atoms with Gasteiger partial charge in [-0.05, 0) is 0 Å². The third-order valence-electron chi connectivity index (χ3n) is 5.49. The van der Waals surface area contributed by atoms with E-state index in [4.69, 9.17) is 0 Å². The fraction of sp³-hybridized carbons (Fsp3) is 0.200. The van der Waals surface area contributed by atoms with Crippen LogP contribution in [0, 0.1) is 6.92 Å². The second-order valence-corrected chi connectivity index (χ2v) is 11.2. The van der Waals surface area contributed by atoms with Crippen LogP contribution in [-0.4, -0.2) is 20.4 Å². The topological polar surface area (TPSA) is 0 Å². The molecular weight excluding hydrogens is 428 g/mol. The molecule has 0 radical (unpaired) electrons. The number of hydrogen-bond acceptors (Lipinski definition) is 0. The summed E-state index contributed by atoms with van der Waals surface area (Å²) in [6.45, 7) is 9.36. The van der Waals surface area contributed by atoms with Gasteiger partial charge in [-0.2, -0.15) is 0 Å². The number of rotatable bonds is 0. The molecule has 0 bridgehead atoms. The molecule has 1 heterocycles. The zero-order valence-corrected chi connectivity index (χ0v) is 18.0. The van der Waals surface area contributed by atoms with Gasteiger partial charge < -0.3 is 0 Å². The molecule has 0 nitrogen and oxygen atoms in total. The van der Waals surface area contributed by atoms with E-state index in [0.717, 1.165) is 0 Å². The summed E-state index contributed by atoms with van der Waals surface area (Å²) in [5.74, 6) is 0. The van der Waals surface area contributed by atoms with E-state index in [1.165, 1.54) is 37.9 Å². The number of fused-ring (bicyclic) bond motifs is 7. The maximum atomic E-state index is 2.38. The maximum absolute atomic E-state index is 2.38. The third kappa shape index (κ3) is 2.27. The van der Waals surface area contributed by atoms with Gasteiger partial charge in [0.2, 0.25) is 0 Å². The molecule has 1 aromatic heterocycles. The molecule has 0 N–H and O–H groups in total. The quantitative estimate of drug-likeness (QED) is 0.177. The molecule has 0 amide bonds. The number of aryl methyl sites for hydroxylation is 1. The molecular formula is C25H22Te. The van der Waals surface area contributed by atoms with Crippen LogP contribution in [0.15, 0.2) is 60.7 Å². The van der Waals surface area contributed by atoms with Crippen molar-refractivity contribution in [2.75, 3.05) is 0 Å². The second kappa shape index (κ2) is 5.59. The molecule has 4 aromatic carbocycles. The molecule has 26 heavy (non-hydrogen) atoms. The van der Waals surface area contributed by atoms with Crippen LogP contribution in [0.4, 0.5) is 0 Å². The molecule has 0 aliphatic heterocycles. The summed E-state index contributed by atoms with van der Waals surface area (Å²) in [6.07, 6.45) is 0. The summed E-state index contributed by atoms with van der Waals surface area (Å²) < 4.78 is 3.29. The van der Waals surface area contributed by atoms with Crippen molar-refractivity contribution in [1.82, 2.24) is 0 Å². The molecule has 0 aliphatic carbocycles. The first kappa shape index (κ1) is 16.4. The molecule has 0 aliphatic rings. The number of benzene rings is 4. The Balaban J connectivity index is 1.99. The average molecular weight is 450 g/mol. The molecule has 5 rings (SSSR count). The first-order valence-electron chi connectivity index (χ1n) is 9.22. The van der Waals surface area contributed by atoms with E-state index in [2.05, 4.69) is 88.4 Å². The predicted octanol–water partition coefficient (Wildman–Crippen LogP) is 6.96. The zero-order chi connectivity index (χ0) is 18.1. The average Bonchev–Trinajstić information content (AvgIpc) is 2.98. The summed E-state index contributed by atoms with van der Waals surface area (Å²) in [5, 5.41) is 8.57. The summed E-state index contributed by atoms with van der Waals surface area (Å²) >= 11 is -0.381. The van der Waals surface area contributed by atoms with Crippen molar-refractivity contribution in [3.63, 3.8) is 0 Å². The Morgan fingerprint density at radius 2 is 1.23 bits per heavy atom. The van der Waals surface area contributed by atoms with Crippen LogP contribution < -0.4 is 0 Å². The minimum atomic E-state index is -0.381. The molecule has 0 atom stereocenters. The van der Waals surface area contributed by atoms with Crippen LogP contribution in [-0.2, 0) is 5.41 Å². The molecule has 0 saturated heterocycles. The number of hydrogen-bond donors (Lipinski definition) is 0. The molecule has 0 spiro atoms. The van der Waals surface area contributed by atoms with E-state index < -0.39 is 0 Å². The monoisotopic (exact) mass is 452 g/mol. The van der Waals surface area contributed by atoms with Gasteiger partial charge in [-0.25, -0.2) is 0 Å². The normalized spacial score (nSPS) is 12.6. The Bertz CT molecular complexity index is 1310. The molecule has 5 aromatic rings. The van der Waals surface area contributed by atoms with Crippen LogP contribution in [0.25, 0.3) is 39.1 Å². The predicted molar refractivity (Wildman–Crippen MR) is 117 cm³/mol. The first-order chi connectivity index (χ1) is 12.4. The van der Waals surface area contributed by atoms with Gasteiger partial charge in [0.15, 0.2) is 0 Å². The summed E-state index contributed by atoms with van der Waals surface area (Å²) in [6, 6.07) is 22.8. The van der Waals surface area contributed by atoms with Crippen molar-refractivity contribution in [3.8, 4) is 0 Å². The minimum absolute atomic E-state index is 0.199. The van der Waals surface area contributed by atoms with E-state index >= 15 is 0 Å². The van der Waals surface area contributed by atoms with Crippen LogP contribution >= 0.6 is 0 Å². The van der Waals surface area contributed by atoms with Crippen LogP contribution in [0.2, 0.25) is 0 Å². The van der Waals surface area contributed by atoms with E-state index in [1.807, 2.05) is 0 Å². The van der Waals surface area contributed by atoms with Gasteiger partial charge in [0.25, 0.3) is 0 Å². The van der Waals surface area contributed by atoms with E-state index in [9.17, 15) is 0 Å². The van der Waals surface area contributed by atoms with Crippen molar-refractivity contribution >= 4 is 59.6 Å². The standard InChI is InChI=1S/C25H22Te/c1-15-9-11-21-20-14-13-18-17-8-6-5-7-16(17)10-12-19(18)23(20)26-24(21)22(15)25(2,3)4/h5-14H,1-4H3. The third-order valence-corrected chi connectivity index (χ3v) is 9.12. The van der Waals surface area contributed by atoms with Crippen molar-refractivity contribution < 1.29 is 0 Å². The van der Waals surface area contributed by atoms with Crippen molar-refractivity contribution in [2.45, 2.75) is 33.1 Å². The van der Waals surface area contributed by atoms with Gasteiger partial charge in [-0.15, -0.1) is 0 Å². The van der Waals surface area contributed by atoms with Crippen LogP contribution in [0.3, 0.4) is 0 Å². The van der Waals surface area contributed by atoms with Gasteiger partial charge in [0.05, 0.1) is 0 Å². The van der Waals surface area contributed by atoms with E-state index in [1.54, 1.807) is 12.4 Å². The van der Waals surface area contributed by atoms with E-state index in [-0.39, 0.29) is 25.8 Å². The van der Waals surface area contributed by atoms with Crippen LogP contribution in [0.1, 0.15) is 31.9 Å². The molecule has 1 heteroatoms.